The van der Waals surface area contributed by atoms with E-state index < -0.39 is 10.3 Å². The molecule has 0 aromatic heterocycles. The number of hydrogen-bond acceptors (Lipinski definition) is 2. The number of unbranched alkanes of at least 4 members (excludes halogenated alkanes) is 7. The van der Waals surface area contributed by atoms with Crippen LogP contribution in [-0.2, 0) is 4.79 Å². The number of aliphatic carboxylic acids is 1. The van der Waals surface area contributed by atoms with E-state index in [9.17, 15) is 4.79 Å². The first-order valence-corrected chi connectivity index (χ1v) is 9.48. The number of carboxylic acid groups (broad SMARTS) is 1. The summed E-state index contributed by atoms with van der Waals surface area (Å²) in [5.74, 6) is -0.213. The Hall–Kier alpha value is -0.930. The van der Waals surface area contributed by atoms with Gasteiger partial charge in [-0.25, -0.2) is 4.79 Å². The molecule has 0 amide bonds. The van der Waals surface area contributed by atoms with Crippen LogP contribution in [0.3, 0.4) is 0 Å². The molecule has 0 saturated carbocycles. The van der Waals surface area contributed by atoms with E-state index in [4.69, 9.17) is 33.0 Å². The summed E-state index contributed by atoms with van der Waals surface area (Å²) in [6.07, 6.45) is 8.98. The number of rotatable bonds is 13. The van der Waals surface area contributed by atoms with Gasteiger partial charge in [0.2, 0.25) is 4.33 Å². The number of halogens is 2. The van der Waals surface area contributed by atoms with E-state index in [0.717, 1.165) is 38.0 Å². The van der Waals surface area contributed by atoms with Crippen molar-refractivity contribution in [2.75, 3.05) is 6.61 Å². The van der Waals surface area contributed by atoms with Gasteiger partial charge in [-0.3, -0.25) is 0 Å². The van der Waals surface area contributed by atoms with Crippen molar-refractivity contribution in [2.45, 2.75) is 69.0 Å². The molecule has 0 aliphatic heterocycles. The number of alkyl halides is 2. The predicted octanol–water partition coefficient (Wildman–Crippen LogP) is 6.14. The topological polar surface area (TPSA) is 46.5 Å². The van der Waals surface area contributed by atoms with Gasteiger partial charge in [0.1, 0.15) is 5.75 Å². The first-order chi connectivity index (χ1) is 11.4. The van der Waals surface area contributed by atoms with Gasteiger partial charge >= 0.3 is 5.97 Å². The van der Waals surface area contributed by atoms with Crippen LogP contribution in [0.1, 0.15) is 63.4 Å². The highest BCUT2D eigenvalue weighted by atomic mass is 35.5. The Bertz CT molecular complexity index is 472. The molecule has 0 fully saturated rings. The van der Waals surface area contributed by atoms with Gasteiger partial charge in [-0.15, -0.1) is 0 Å². The Morgan fingerprint density at radius 1 is 0.958 bits per heavy atom. The Labute approximate surface area is 155 Å². The largest absolute Gasteiger partial charge is 0.494 e. The Kier molecular flexibility index (Phi) is 10.2. The minimum Gasteiger partial charge on any atom is -0.494 e. The zero-order valence-electron chi connectivity index (χ0n) is 14.4. The molecular formula is C19H28Cl2O3. The minimum absolute atomic E-state index is 0.307. The number of ether oxygens (including phenoxy) is 1. The molecule has 0 radical (unpaired) electrons. The average molecular weight is 375 g/mol. The average Bonchev–Trinajstić information content (AvgIpc) is 2.54. The molecule has 1 rings (SSSR count). The van der Waals surface area contributed by atoms with Gasteiger partial charge in [0.25, 0.3) is 0 Å². The van der Waals surface area contributed by atoms with Crippen molar-refractivity contribution in [2.24, 2.45) is 0 Å². The SMILES string of the molecule is Cc1ccc(OCCCCCCCCCCC(Cl)(Cl)C(=O)O)cc1. The van der Waals surface area contributed by atoms with Gasteiger partial charge in [0.05, 0.1) is 6.61 Å². The highest BCUT2D eigenvalue weighted by molar-refractivity contribution is 6.57. The fourth-order valence-corrected chi connectivity index (χ4v) is 2.71. The van der Waals surface area contributed by atoms with E-state index in [0.29, 0.717) is 6.42 Å². The Morgan fingerprint density at radius 2 is 1.46 bits per heavy atom. The summed E-state index contributed by atoms with van der Waals surface area (Å²) in [7, 11) is 0. The van der Waals surface area contributed by atoms with Crippen LogP contribution in [0, 0.1) is 6.92 Å². The van der Waals surface area contributed by atoms with Crippen LogP contribution in [0.15, 0.2) is 24.3 Å². The van der Waals surface area contributed by atoms with Crippen LogP contribution in [-0.4, -0.2) is 22.0 Å². The third kappa shape index (κ3) is 9.39. The van der Waals surface area contributed by atoms with E-state index >= 15 is 0 Å². The molecule has 1 aromatic carbocycles. The van der Waals surface area contributed by atoms with Crippen LogP contribution in [0.2, 0.25) is 0 Å². The van der Waals surface area contributed by atoms with Gasteiger partial charge in [-0.1, -0.05) is 79.4 Å². The lowest BCUT2D eigenvalue weighted by atomic mass is 10.1. The van der Waals surface area contributed by atoms with E-state index in [2.05, 4.69) is 19.1 Å². The zero-order valence-corrected chi connectivity index (χ0v) is 15.9. The van der Waals surface area contributed by atoms with Crippen molar-refractivity contribution in [3.05, 3.63) is 29.8 Å². The summed E-state index contributed by atoms with van der Waals surface area (Å²) in [5, 5.41) is 8.80. The first-order valence-electron chi connectivity index (χ1n) is 8.72. The summed E-state index contributed by atoms with van der Waals surface area (Å²) < 4.78 is 4.07. The number of aryl methyl sites for hydroxylation is 1. The van der Waals surface area contributed by atoms with Crippen molar-refractivity contribution >= 4 is 29.2 Å². The van der Waals surface area contributed by atoms with Crippen LogP contribution in [0.5, 0.6) is 5.75 Å². The molecule has 1 aromatic rings. The lowest BCUT2D eigenvalue weighted by molar-refractivity contribution is -0.138. The standard InChI is InChI=1S/C19H28Cl2O3/c1-16-10-12-17(13-11-16)24-15-9-7-5-3-2-4-6-8-14-19(20,21)18(22)23/h10-13H,2-9,14-15H2,1H3,(H,22,23). The van der Waals surface area contributed by atoms with Crippen molar-refractivity contribution in [1.29, 1.82) is 0 Å². The Balaban J connectivity index is 1.89. The summed E-state index contributed by atoms with van der Waals surface area (Å²) in [6, 6.07) is 8.14. The van der Waals surface area contributed by atoms with E-state index in [-0.39, 0.29) is 0 Å². The number of carbonyl (C=O) groups is 1. The van der Waals surface area contributed by atoms with E-state index in [1.807, 2.05) is 12.1 Å². The van der Waals surface area contributed by atoms with Crippen LogP contribution in [0.4, 0.5) is 0 Å². The molecule has 5 heteroatoms. The van der Waals surface area contributed by atoms with Crippen LogP contribution < -0.4 is 4.74 Å². The minimum atomic E-state index is -1.63. The molecule has 0 bridgehead atoms. The maximum Gasteiger partial charge on any atom is 0.340 e. The molecule has 24 heavy (non-hydrogen) atoms. The molecule has 0 aliphatic rings. The molecule has 1 N–H and O–H groups in total. The molecule has 0 aliphatic carbocycles. The zero-order chi connectivity index (χ0) is 17.8. The quantitative estimate of drug-likeness (QED) is 0.333. The van der Waals surface area contributed by atoms with E-state index in [1.165, 1.54) is 31.2 Å². The van der Waals surface area contributed by atoms with Crippen molar-refractivity contribution in [3.8, 4) is 5.75 Å². The monoisotopic (exact) mass is 374 g/mol. The molecule has 0 atom stereocenters. The van der Waals surface area contributed by atoms with Gasteiger partial charge in [0, 0.05) is 0 Å². The molecule has 0 spiro atoms. The fraction of sp³-hybridized carbons (Fsp3) is 0.632. The van der Waals surface area contributed by atoms with Crippen molar-refractivity contribution < 1.29 is 14.6 Å². The fourth-order valence-electron chi connectivity index (χ4n) is 2.44. The number of benzene rings is 1. The second kappa shape index (κ2) is 11.6. The number of carboxylic acids is 1. The second-order valence-electron chi connectivity index (χ2n) is 6.25. The molecule has 3 nitrogen and oxygen atoms in total. The highest BCUT2D eigenvalue weighted by Crippen LogP contribution is 2.28. The summed E-state index contributed by atoms with van der Waals surface area (Å²) in [5.41, 5.74) is 1.24. The summed E-state index contributed by atoms with van der Waals surface area (Å²) in [4.78, 5) is 10.7. The smallest absolute Gasteiger partial charge is 0.340 e. The maximum absolute atomic E-state index is 10.7. The van der Waals surface area contributed by atoms with Gasteiger partial charge < -0.3 is 9.84 Å². The second-order valence-corrected chi connectivity index (χ2v) is 7.73. The lowest BCUT2D eigenvalue weighted by Gasteiger charge is -2.13. The molecule has 0 saturated heterocycles. The van der Waals surface area contributed by atoms with Crippen molar-refractivity contribution in [3.63, 3.8) is 0 Å². The van der Waals surface area contributed by atoms with Gasteiger partial charge in [0.15, 0.2) is 0 Å². The third-order valence-electron chi connectivity index (χ3n) is 3.99. The molecule has 136 valence electrons. The number of hydrogen-bond donors (Lipinski definition) is 1. The maximum atomic E-state index is 10.7. The normalized spacial score (nSPS) is 11.5. The predicted molar refractivity (Wildman–Crippen MR) is 100 cm³/mol. The first kappa shape index (κ1) is 21.1. The third-order valence-corrected chi connectivity index (χ3v) is 4.69. The van der Waals surface area contributed by atoms with Crippen LogP contribution in [0.25, 0.3) is 0 Å². The highest BCUT2D eigenvalue weighted by Gasteiger charge is 2.32. The summed E-state index contributed by atoms with van der Waals surface area (Å²) >= 11 is 11.4. The lowest BCUT2D eigenvalue weighted by Crippen LogP contribution is -2.25. The van der Waals surface area contributed by atoms with Crippen molar-refractivity contribution in [1.82, 2.24) is 0 Å². The molecule has 0 unspecified atom stereocenters. The van der Waals surface area contributed by atoms with Crippen LogP contribution >= 0.6 is 23.2 Å². The molecular weight excluding hydrogens is 347 g/mol. The molecule has 0 heterocycles. The van der Waals surface area contributed by atoms with Gasteiger partial charge in [-0.2, -0.15) is 0 Å². The van der Waals surface area contributed by atoms with E-state index in [1.54, 1.807) is 0 Å². The Morgan fingerprint density at radius 3 is 2.00 bits per heavy atom. The summed E-state index contributed by atoms with van der Waals surface area (Å²) in [6.45, 7) is 2.84. The van der Waals surface area contributed by atoms with Gasteiger partial charge in [-0.05, 0) is 38.3 Å².